The molecule has 18 heavy (non-hydrogen) atoms. The lowest BCUT2D eigenvalue weighted by atomic mass is 10.00. The molecule has 104 valence electrons. The minimum absolute atomic E-state index is 0.0118. The van der Waals surface area contributed by atoms with Crippen molar-refractivity contribution in [3.05, 3.63) is 0 Å². The molecule has 1 aliphatic rings. The van der Waals surface area contributed by atoms with Crippen LogP contribution in [0, 0.1) is 5.92 Å². The topological polar surface area (TPSA) is 64.7 Å². The summed E-state index contributed by atoms with van der Waals surface area (Å²) in [5.41, 5.74) is 5.82. The third kappa shape index (κ3) is 5.52. The first-order chi connectivity index (χ1) is 8.63. The van der Waals surface area contributed by atoms with E-state index < -0.39 is 0 Å². The van der Waals surface area contributed by atoms with Crippen LogP contribution < -0.4 is 5.73 Å². The first-order valence-corrected chi connectivity index (χ1v) is 7.03. The number of nitrogens with zero attached hydrogens (tertiary/aromatic N) is 1. The first kappa shape index (κ1) is 15.0. The number of ether oxygens (including phenoxy) is 1. The van der Waals surface area contributed by atoms with Crippen molar-refractivity contribution in [2.24, 2.45) is 16.6 Å². The molecule has 0 saturated carbocycles. The Bertz CT molecular complexity index is 290. The van der Waals surface area contributed by atoms with Crippen molar-refractivity contribution in [1.82, 2.24) is 0 Å². The Labute approximate surface area is 110 Å². The predicted octanol–water partition coefficient (Wildman–Crippen LogP) is 2.66. The normalized spacial score (nSPS) is 21.9. The molecule has 0 bridgehead atoms. The predicted molar refractivity (Wildman–Crippen MR) is 73.5 cm³/mol. The van der Waals surface area contributed by atoms with Crippen LogP contribution in [-0.2, 0) is 9.53 Å². The molecule has 0 spiro atoms. The summed E-state index contributed by atoms with van der Waals surface area (Å²) in [7, 11) is 1.45. The quantitative estimate of drug-likeness (QED) is 0.585. The van der Waals surface area contributed by atoms with Crippen molar-refractivity contribution in [1.29, 1.82) is 0 Å². The Morgan fingerprint density at radius 1 is 1.50 bits per heavy atom. The van der Waals surface area contributed by atoms with Gasteiger partial charge < -0.3 is 10.5 Å². The van der Waals surface area contributed by atoms with Gasteiger partial charge >= 0.3 is 5.97 Å². The van der Waals surface area contributed by atoms with Crippen LogP contribution in [0.15, 0.2) is 4.99 Å². The highest BCUT2D eigenvalue weighted by molar-refractivity contribution is 5.80. The fourth-order valence-electron chi connectivity index (χ4n) is 2.41. The second-order valence-electron chi connectivity index (χ2n) is 5.23. The SMILES string of the molecule is COC(=O)[C@@H](C)CCCC[C@H]1CCCCC(N)=N1. The van der Waals surface area contributed by atoms with Crippen molar-refractivity contribution in [2.45, 2.75) is 64.3 Å². The number of esters is 1. The summed E-state index contributed by atoms with van der Waals surface area (Å²) < 4.78 is 4.71. The van der Waals surface area contributed by atoms with Crippen molar-refractivity contribution < 1.29 is 9.53 Å². The summed E-state index contributed by atoms with van der Waals surface area (Å²) in [4.78, 5) is 15.8. The van der Waals surface area contributed by atoms with Gasteiger partial charge in [-0.2, -0.15) is 0 Å². The van der Waals surface area contributed by atoms with Gasteiger partial charge in [0.25, 0.3) is 0 Å². The van der Waals surface area contributed by atoms with E-state index in [4.69, 9.17) is 10.5 Å². The van der Waals surface area contributed by atoms with Crippen molar-refractivity contribution in [3.63, 3.8) is 0 Å². The molecule has 0 aliphatic carbocycles. The molecule has 0 saturated heterocycles. The highest BCUT2D eigenvalue weighted by Crippen LogP contribution is 2.19. The molecule has 4 nitrogen and oxygen atoms in total. The fraction of sp³-hybridized carbons (Fsp3) is 0.857. The van der Waals surface area contributed by atoms with Gasteiger partial charge in [-0.05, 0) is 25.7 Å². The van der Waals surface area contributed by atoms with E-state index >= 15 is 0 Å². The Morgan fingerprint density at radius 2 is 2.28 bits per heavy atom. The van der Waals surface area contributed by atoms with Crippen LogP contribution in [0.5, 0.6) is 0 Å². The zero-order chi connectivity index (χ0) is 13.4. The third-order valence-electron chi connectivity index (χ3n) is 3.60. The maximum absolute atomic E-state index is 11.2. The van der Waals surface area contributed by atoms with Crippen LogP contribution in [0.4, 0.5) is 0 Å². The van der Waals surface area contributed by atoms with Crippen molar-refractivity contribution >= 4 is 11.8 Å². The Morgan fingerprint density at radius 3 is 3.00 bits per heavy atom. The van der Waals surface area contributed by atoms with Crippen LogP contribution in [0.3, 0.4) is 0 Å². The molecular formula is C14H26N2O2. The zero-order valence-electron chi connectivity index (χ0n) is 11.7. The lowest BCUT2D eigenvalue weighted by Crippen LogP contribution is -2.14. The highest BCUT2D eigenvalue weighted by Gasteiger charge is 2.14. The van der Waals surface area contributed by atoms with Gasteiger partial charge in [0.1, 0.15) is 0 Å². The lowest BCUT2D eigenvalue weighted by molar-refractivity contribution is -0.145. The molecule has 0 aromatic rings. The maximum atomic E-state index is 11.2. The number of nitrogens with two attached hydrogens (primary N) is 1. The third-order valence-corrected chi connectivity index (χ3v) is 3.60. The molecule has 1 aliphatic heterocycles. The maximum Gasteiger partial charge on any atom is 0.308 e. The summed E-state index contributed by atoms with van der Waals surface area (Å²) >= 11 is 0. The van der Waals surface area contributed by atoms with Gasteiger partial charge in [0.05, 0.1) is 24.9 Å². The van der Waals surface area contributed by atoms with Crippen LogP contribution in [0.1, 0.15) is 58.3 Å². The van der Waals surface area contributed by atoms with Gasteiger partial charge in [0.15, 0.2) is 0 Å². The standard InChI is InChI=1S/C14H26N2O2/c1-11(14(17)18-2)7-3-4-8-12-9-5-6-10-13(15)16-12/h11-12H,3-10H2,1-2H3,(H2,15,16)/t11-,12-/m0/s1. The molecule has 2 atom stereocenters. The summed E-state index contributed by atoms with van der Waals surface area (Å²) in [5.74, 6) is 0.727. The number of unbranched alkanes of at least 4 members (excludes halogenated alkanes) is 1. The van der Waals surface area contributed by atoms with E-state index in [1.807, 2.05) is 6.92 Å². The molecule has 1 rings (SSSR count). The number of methoxy groups -OCH3 is 1. The number of amidine groups is 1. The number of hydrogen-bond donors (Lipinski definition) is 1. The number of aliphatic imine (C=N–C) groups is 1. The van der Waals surface area contributed by atoms with Gasteiger partial charge in [-0.25, -0.2) is 0 Å². The average molecular weight is 254 g/mol. The van der Waals surface area contributed by atoms with Crippen LogP contribution in [-0.4, -0.2) is 25.0 Å². The summed E-state index contributed by atoms with van der Waals surface area (Å²) in [6, 6.07) is 0.404. The smallest absolute Gasteiger partial charge is 0.308 e. The molecule has 0 aromatic heterocycles. The molecule has 0 amide bonds. The average Bonchev–Trinajstić information content (AvgIpc) is 2.57. The highest BCUT2D eigenvalue weighted by atomic mass is 16.5. The monoisotopic (exact) mass is 254 g/mol. The van der Waals surface area contributed by atoms with E-state index in [0.29, 0.717) is 6.04 Å². The molecule has 2 N–H and O–H groups in total. The van der Waals surface area contributed by atoms with Crippen LogP contribution in [0.2, 0.25) is 0 Å². The summed E-state index contributed by atoms with van der Waals surface area (Å²) in [6.45, 7) is 1.92. The molecule has 4 heteroatoms. The van der Waals surface area contributed by atoms with E-state index in [1.54, 1.807) is 0 Å². The molecule has 0 radical (unpaired) electrons. The van der Waals surface area contributed by atoms with Gasteiger partial charge in [-0.3, -0.25) is 9.79 Å². The second-order valence-corrected chi connectivity index (χ2v) is 5.23. The number of rotatable bonds is 6. The van der Waals surface area contributed by atoms with Gasteiger partial charge in [-0.15, -0.1) is 0 Å². The molecule has 0 fully saturated rings. The van der Waals surface area contributed by atoms with E-state index in [1.165, 1.54) is 20.0 Å². The van der Waals surface area contributed by atoms with Crippen LogP contribution in [0.25, 0.3) is 0 Å². The largest absolute Gasteiger partial charge is 0.469 e. The molecule has 0 unspecified atom stereocenters. The van der Waals surface area contributed by atoms with Gasteiger partial charge in [-0.1, -0.05) is 26.2 Å². The van der Waals surface area contributed by atoms with Gasteiger partial charge in [0, 0.05) is 6.42 Å². The molecule has 0 aromatic carbocycles. The fourth-order valence-corrected chi connectivity index (χ4v) is 2.41. The molecule has 1 heterocycles. The Kier molecular flexibility index (Phi) is 6.76. The minimum atomic E-state index is -0.105. The van der Waals surface area contributed by atoms with Gasteiger partial charge in [0.2, 0.25) is 0 Å². The summed E-state index contributed by atoms with van der Waals surface area (Å²) in [5, 5.41) is 0. The first-order valence-electron chi connectivity index (χ1n) is 7.03. The Hall–Kier alpha value is -1.06. The lowest BCUT2D eigenvalue weighted by Gasteiger charge is -2.12. The second kappa shape index (κ2) is 8.11. The number of hydrogen-bond acceptors (Lipinski definition) is 4. The van der Waals surface area contributed by atoms with Crippen molar-refractivity contribution in [3.8, 4) is 0 Å². The van der Waals surface area contributed by atoms with E-state index in [0.717, 1.165) is 44.4 Å². The van der Waals surface area contributed by atoms with E-state index in [-0.39, 0.29) is 11.9 Å². The van der Waals surface area contributed by atoms with Crippen molar-refractivity contribution in [2.75, 3.05) is 7.11 Å². The number of carbonyl (C=O) groups excluding carboxylic acids is 1. The van der Waals surface area contributed by atoms with E-state index in [9.17, 15) is 4.79 Å². The molecular weight excluding hydrogens is 228 g/mol. The number of carbonyl (C=O) groups is 1. The zero-order valence-corrected chi connectivity index (χ0v) is 11.7. The summed E-state index contributed by atoms with van der Waals surface area (Å²) in [6.07, 6.45) is 8.68. The van der Waals surface area contributed by atoms with Crippen LogP contribution >= 0.6 is 0 Å². The minimum Gasteiger partial charge on any atom is -0.469 e. The van der Waals surface area contributed by atoms with E-state index in [2.05, 4.69) is 4.99 Å². The Balaban J connectivity index is 2.17.